The highest BCUT2D eigenvalue weighted by molar-refractivity contribution is 5.88. The van der Waals surface area contributed by atoms with Crippen molar-refractivity contribution in [1.82, 2.24) is 15.2 Å². The molecule has 0 radical (unpaired) electrons. The van der Waals surface area contributed by atoms with Gasteiger partial charge in [-0.1, -0.05) is 0 Å². The molecule has 1 aromatic heterocycles. The minimum atomic E-state index is 0.0647. The maximum absolute atomic E-state index is 12.4. The van der Waals surface area contributed by atoms with Crippen molar-refractivity contribution in [2.75, 3.05) is 34.3 Å². The number of aromatic nitrogens is 1. The van der Waals surface area contributed by atoms with E-state index in [9.17, 15) is 4.79 Å². The third kappa shape index (κ3) is 3.34. The van der Waals surface area contributed by atoms with Crippen molar-refractivity contribution >= 4 is 16.8 Å². The number of nitrogens with one attached hydrogen (secondary N) is 2. The number of ether oxygens (including phenoxy) is 1. The molecule has 1 aromatic carbocycles. The van der Waals surface area contributed by atoms with Crippen LogP contribution in [0.2, 0.25) is 0 Å². The summed E-state index contributed by atoms with van der Waals surface area (Å²) in [5, 5.41) is 4.25. The van der Waals surface area contributed by atoms with Gasteiger partial charge in [-0.3, -0.25) is 4.79 Å². The molecule has 3 rings (SSSR count). The Bertz CT molecular complexity index is 706. The zero-order valence-corrected chi connectivity index (χ0v) is 14.1. The number of hydrogen-bond acceptors (Lipinski definition) is 3. The molecule has 1 atom stereocenters. The number of aryl methyl sites for hydroxylation is 1. The molecule has 2 aromatic rings. The molecule has 0 aliphatic heterocycles. The number of hydrogen-bond donors (Lipinski definition) is 2. The van der Waals surface area contributed by atoms with E-state index in [0.29, 0.717) is 6.54 Å². The lowest BCUT2D eigenvalue weighted by Gasteiger charge is -2.22. The zero-order chi connectivity index (χ0) is 16.4. The largest absolute Gasteiger partial charge is 0.497 e. The minimum absolute atomic E-state index is 0.0647. The second-order valence-corrected chi connectivity index (χ2v) is 6.53. The normalized spacial score (nSPS) is 17.3. The molecule has 1 aliphatic rings. The van der Waals surface area contributed by atoms with Crippen molar-refractivity contribution in [3.63, 3.8) is 0 Å². The van der Waals surface area contributed by atoms with Crippen molar-refractivity contribution in [3.8, 4) is 5.75 Å². The van der Waals surface area contributed by atoms with Gasteiger partial charge in [0.2, 0.25) is 5.91 Å². The van der Waals surface area contributed by atoms with E-state index >= 15 is 0 Å². The Morgan fingerprint density at radius 1 is 1.43 bits per heavy atom. The summed E-state index contributed by atoms with van der Waals surface area (Å²) >= 11 is 0. The van der Waals surface area contributed by atoms with Crippen LogP contribution in [0.3, 0.4) is 0 Å². The van der Waals surface area contributed by atoms with Gasteiger partial charge in [0, 0.05) is 35.6 Å². The number of likely N-dealkylation sites (N-methyl/N-ethyl adjacent to an activating group) is 1. The van der Waals surface area contributed by atoms with E-state index in [1.54, 1.807) is 7.11 Å². The Morgan fingerprint density at radius 2 is 2.26 bits per heavy atom. The van der Waals surface area contributed by atoms with E-state index in [2.05, 4.69) is 27.3 Å². The Hall–Kier alpha value is -2.01. The monoisotopic (exact) mass is 315 g/mol. The van der Waals surface area contributed by atoms with Crippen LogP contribution in [0.15, 0.2) is 18.2 Å². The second-order valence-electron chi connectivity index (χ2n) is 6.53. The smallest absolute Gasteiger partial charge is 0.223 e. The minimum Gasteiger partial charge on any atom is -0.497 e. The molecular weight excluding hydrogens is 290 g/mol. The predicted molar refractivity (Wildman–Crippen MR) is 91.9 cm³/mol. The van der Waals surface area contributed by atoms with Crippen molar-refractivity contribution in [2.45, 2.75) is 19.3 Å². The highest BCUT2D eigenvalue weighted by atomic mass is 16.5. The van der Waals surface area contributed by atoms with E-state index in [-0.39, 0.29) is 11.8 Å². The summed E-state index contributed by atoms with van der Waals surface area (Å²) in [6.45, 7) is 1.57. The fraction of sp³-hybridized carbons (Fsp3) is 0.500. The summed E-state index contributed by atoms with van der Waals surface area (Å²) in [6.07, 6.45) is 2.64. The number of fused-ring (bicyclic) bond motifs is 3. The number of carbonyl (C=O) groups is 1. The lowest BCUT2D eigenvalue weighted by Crippen LogP contribution is -2.37. The van der Waals surface area contributed by atoms with Crippen molar-refractivity contribution in [1.29, 1.82) is 0 Å². The van der Waals surface area contributed by atoms with Gasteiger partial charge in [-0.05, 0) is 57.1 Å². The maximum Gasteiger partial charge on any atom is 0.223 e. The van der Waals surface area contributed by atoms with Gasteiger partial charge in [0.15, 0.2) is 0 Å². The predicted octanol–water partition coefficient (Wildman–Crippen LogP) is 1.96. The van der Waals surface area contributed by atoms with E-state index in [4.69, 9.17) is 4.74 Å². The van der Waals surface area contributed by atoms with Gasteiger partial charge >= 0.3 is 0 Å². The number of H-pyrrole nitrogens is 1. The molecular formula is C18H25N3O2. The Kier molecular flexibility index (Phi) is 4.57. The summed E-state index contributed by atoms with van der Waals surface area (Å²) < 4.78 is 5.33. The molecule has 0 spiro atoms. The van der Waals surface area contributed by atoms with Crippen molar-refractivity contribution < 1.29 is 9.53 Å². The molecule has 5 nitrogen and oxygen atoms in total. The van der Waals surface area contributed by atoms with Crippen molar-refractivity contribution in [3.05, 3.63) is 29.5 Å². The zero-order valence-electron chi connectivity index (χ0n) is 14.1. The SMILES string of the molecule is COc1ccc2[nH]c3c(c2c1)CC(C(=O)NCCN(C)C)CC3. The molecule has 5 heteroatoms. The van der Waals surface area contributed by atoms with Crippen LogP contribution in [-0.2, 0) is 17.6 Å². The average Bonchev–Trinajstić information content (AvgIpc) is 2.91. The third-order valence-electron chi connectivity index (χ3n) is 4.62. The molecule has 0 saturated carbocycles. The first-order chi connectivity index (χ1) is 11.1. The van der Waals surface area contributed by atoms with Crippen LogP contribution in [0.4, 0.5) is 0 Å². The third-order valence-corrected chi connectivity index (χ3v) is 4.62. The Morgan fingerprint density at radius 3 is 3.00 bits per heavy atom. The Balaban J connectivity index is 1.75. The van der Waals surface area contributed by atoms with Crippen LogP contribution < -0.4 is 10.1 Å². The lowest BCUT2D eigenvalue weighted by atomic mass is 9.86. The highest BCUT2D eigenvalue weighted by Gasteiger charge is 2.27. The van der Waals surface area contributed by atoms with Crippen LogP contribution in [-0.4, -0.2) is 50.1 Å². The van der Waals surface area contributed by atoms with Crippen LogP contribution in [0, 0.1) is 5.92 Å². The molecule has 23 heavy (non-hydrogen) atoms. The summed E-state index contributed by atoms with van der Waals surface area (Å²) in [6, 6.07) is 6.09. The Labute approximate surface area is 137 Å². The van der Waals surface area contributed by atoms with Crippen LogP contribution in [0.5, 0.6) is 5.75 Å². The number of aromatic amines is 1. The van der Waals surface area contributed by atoms with Gasteiger partial charge in [-0.2, -0.15) is 0 Å². The summed E-state index contributed by atoms with van der Waals surface area (Å²) in [7, 11) is 5.71. The molecule has 0 fully saturated rings. The quantitative estimate of drug-likeness (QED) is 0.887. The molecule has 124 valence electrons. The van der Waals surface area contributed by atoms with Crippen molar-refractivity contribution in [2.24, 2.45) is 5.92 Å². The molecule has 0 saturated heterocycles. The number of methoxy groups -OCH3 is 1. The van der Waals surface area contributed by atoms with E-state index in [0.717, 1.165) is 37.1 Å². The molecule has 1 heterocycles. The highest BCUT2D eigenvalue weighted by Crippen LogP contribution is 2.33. The molecule has 2 N–H and O–H groups in total. The maximum atomic E-state index is 12.4. The summed E-state index contributed by atoms with van der Waals surface area (Å²) in [5.41, 5.74) is 3.67. The number of amides is 1. The standard InChI is InChI=1S/C18H25N3O2/c1-21(2)9-8-19-18(22)12-4-6-16-14(10-12)15-11-13(23-3)5-7-17(15)20-16/h5,7,11-12,20H,4,6,8-10H2,1-3H3,(H,19,22). The van der Waals surface area contributed by atoms with Crippen LogP contribution >= 0.6 is 0 Å². The second kappa shape index (κ2) is 6.62. The van der Waals surface area contributed by atoms with E-state index in [1.807, 2.05) is 20.2 Å². The van der Waals surface area contributed by atoms with E-state index in [1.165, 1.54) is 16.6 Å². The first-order valence-corrected chi connectivity index (χ1v) is 8.18. The molecule has 1 aliphatic carbocycles. The van der Waals surface area contributed by atoms with E-state index < -0.39 is 0 Å². The van der Waals surface area contributed by atoms with Gasteiger partial charge in [0.25, 0.3) is 0 Å². The van der Waals surface area contributed by atoms with Gasteiger partial charge < -0.3 is 19.9 Å². The average molecular weight is 315 g/mol. The van der Waals surface area contributed by atoms with Gasteiger partial charge in [-0.15, -0.1) is 0 Å². The van der Waals surface area contributed by atoms with Gasteiger partial charge in [0.1, 0.15) is 5.75 Å². The number of rotatable bonds is 5. The lowest BCUT2D eigenvalue weighted by molar-refractivity contribution is -0.125. The topological polar surface area (TPSA) is 57.4 Å². The molecule has 1 amide bonds. The molecule has 1 unspecified atom stereocenters. The fourth-order valence-corrected chi connectivity index (χ4v) is 3.29. The summed E-state index contributed by atoms with van der Waals surface area (Å²) in [4.78, 5) is 18.0. The fourth-order valence-electron chi connectivity index (χ4n) is 3.29. The number of nitrogens with zero attached hydrogens (tertiary/aromatic N) is 1. The first-order valence-electron chi connectivity index (χ1n) is 8.18. The van der Waals surface area contributed by atoms with Gasteiger partial charge in [0.05, 0.1) is 7.11 Å². The number of benzene rings is 1. The van der Waals surface area contributed by atoms with Gasteiger partial charge in [-0.25, -0.2) is 0 Å². The van der Waals surface area contributed by atoms with Crippen LogP contribution in [0.1, 0.15) is 17.7 Å². The molecule has 0 bridgehead atoms. The number of carbonyl (C=O) groups excluding carboxylic acids is 1. The first kappa shape index (κ1) is 15.9. The summed E-state index contributed by atoms with van der Waals surface area (Å²) in [5.74, 6) is 1.10. The van der Waals surface area contributed by atoms with Crippen LogP contribution in [0.25, 0.3) is 10.9 Å².